The molecular weight excluding hydrogens is 362 g/mol. The SMILES string of the molecule is N#CC(C#N)=C1c2ccccc2CC[C@H]1C1CC(=O)N(Cc2ccccc2)C1=O. The second-order valence-corrected chi connectivity index (χ2v) is 7.43. The van der Waals surface area contributed by atoms with Crippen molar-refractivity contribution in [3.05, 3.63) is 76.9 Å². The summed E-state index contributed by atoms with van der Waals surface area (Å²) in [6, 6.07) is 21.1. The maximum absolute atomic E-state index is 13.2. The molecule has 29 heavy (non-hydrogen) atoms. The summed E-state index contributed by atoms with van der Waals surface area (Å²) in [5.74, 6) is -1.25. The lowest BCUT2D eigenvalue weighted by Gasteiger charge is -2.31. The number of nitriles is 2. The second-order valence-electron chi connectivity index (χ2n) is 7.43. The van der Waals surface area contributed by atoms with Crippen LogP contribution in [0.15, 0.2) is 60.2 Å². The van der Waals surface area contributed by atoms with E-state index in [-0.39, 0.29) is 36.3 Å². The van der Waals surface area contributed by atoms with E-state index in [4.69, 9.17) is 0 Å². The van der Waals surface area contributed by atoms with E-state index in [0.29, 0.717) is 12.0 Å². The van der Waals surface area contributed by atoms with Gasteiger partial charge < -0.3 is 0 Å². The zero-order valence-corrected chi connectivity index (χ0v) is 15.8. The van der Waals surface area contributed by atoms with Crippen LogP contribution in [0.5, 0.6) is 0 Å². The van der Waals surface area contributed by atoms with Crippen LogP contribution < -0.4 is 0 Å². The van der Waals surface area contributed by atoms with Crippen molar-refractivity contribution in [3.63, 3.8) is 0 Å². The van der Waals surface area contributed by atoms with Crippen LogP contribution in [-0.2, 0) is 22.6 Å². The van der Waals surface area contributed by atoms with Crippen molar-refractivity contribution in [3.8, 4) is 12.1 Å². The van der Waals surface area contributed by atoms with Gasteiger partial charge in [0.25, 0.3) is 0 Å². The van der Waals surface area contributed by atoms with Crippen molar-refractivity contribution in [2.45, 2.75) is 25.8 Å². The maximum atomic E-state index is 13.2. The van der Waals surface area contributed by atoms with E-state index in [9.17, 15) is 20.1 Å². The summed E-state index contributed by atoms with van der Waals surface area (Å²) in [6.07, 6.45) is 1.51. The third-order valence-corrected chi connectivity index (χ3v) is 5.84. The maximum Gasteiger partial charge on any atom is 0.233 e. The van der Waals surface area contributed by atoms with E-state index in [2.05, 4.69) is 0 Å². The quantitative estimate of drug-likeness (QED) is 0.600. The smallest absolute Gasteiger partial charge is 0.233 e. The minimum atomic E-state index is -0.536. The van der Waals surface area contributed by atoms with Crippen LogP contribution in [0.1, 0.15) is 29.5 Å². The second kappa shape index (κ2) is 7.73. The lowest BCUT2D eigenvalue weighted by Crippen LogP contribution is -2.33. The van der Waals surface area contributed by atoms with Crippen molar-refractivity contribution in [2.75, 3.05) is 0 Å². The molecule has 4 rings (SSSR count). The molecule has 0 aromatic heterocycles. The van der Waals surface area contributed by atoms with Crippen molar-refractivity contribution >= 4 is 17.4 Å². The van der Waals surface area contributed by atoms with Crippen LogP contribution in [0.2, 0.25) is 0 Å². The largest absolute Gasteiger partial charge is 0.278 e. The number of imide groups is 1. The Bertz CT molecular complexity index is 1070. The molecule has 1 heterocycles. The number of hydrogen-bond acceptors (Lipinski definition) is 4. The molecular formula is C24H19N3O2. The highest BCUT2D eigenvalue weighted by Crippen LogP contribution is 2.44. The Balaban J connectivity index is 1.70. The molecule has 2 aromatic carbocycles. The molecule has 1 saturated heterocycles. The van der Waals surface area contributed by atoms with Gasteiger partial charge >= 0.3 is 0 Å². The van der Waals surface area contributed by atoms with Crippen molar-refractivity contribution < 1.29 is 9.59 Å². The summed E-state index contributed by atoms with van der Waals surface area (Å²) >= 11 is 0. The van der Waals surface area contributed by atoms with E-state index in [1.807, 2.05) is 66.7 Å². The molecule has 1 aliphatic heterocycles. The topological polar surface area (TPSA) is 85.0 Å². The number of carbonyl (C=O) groups excluding carboxylic acids is 2. The molecule has 5 nitrogen and oxygen atoms in total. The van der Waals surface area contributed by atoms with Crippen LogP contribution in [0.3, 0.4) is 0 Å². The molecule has 0 radical (unpaired) electrons. The van der Waals surface area contributed by atoms with E-state index in [0.717, 1.165) is 23.1 Å². The molecule has 0 spiro atoms. The zero-order valence-electron chi connectivity index (χ0n) is 15.8. The summed E-state index contributed by atoms with van der Waals surface area (Å²) in [5.41, 5.74) is 3.46. The number of benzene rings is 2. The number of nitrogens with zero attached hydrogens (tertiary/aromatic N) is 3. The van der Waals surface area contributed by atoms with Gasteiger partial charge in [0.15, 0.2) is 0 Å². The minimum absolute atomic E-state index is 0.0314. The average Bonchev–Trinajstić information content (AvgIpc) is 3.03. The monoisotopic (exact) mass is 381 g/mol. The first-order chi connectivity index (χ1) is 14.1. The number of allylic oxidation sites excluding steroid dienone is 2. The molecule has 0 bridgehead atoms. The van der Waals surface area contributed by atoms with Crippen molar-refractivity contribution in [1.82, 2.24) is 4.90 Å². The zero-order chi connectivity index (χ0) is 20.4. The summed E-state index contributed by atoms with van der Waals surface area (Å²) < 4.78 is 0. The molecule has 2 amide bonds. The van der Waals surface area contributed by atoms with Crippen molar-refractivity contribution in [1.29, 1.82) is 10.5 Å². The van der Waals surface area contributed by atoms with Gasteiger partial charge in [-0.1, -0.05) is 54.6 Å². The van der Waals surface area contributed by atoms with Crippen LogP contribution >= 0.6 is 0 Å². The fourth-order valence-corrected chi connectivity index (χ4v) is 4.48. The Morgan fingerprint density at radius 2 is 1.66 bits per heavy atom. The molecule has 2 aliphatic rings. The first kappa shape index (κ1) is 18.7. The first-order valence-electron chi connectivity index (χ1n) is 9.64. The van der Waals surface area contributed by atoms with Crippen LogP contribution in [0.25, 0.3) is 5.57 Å². The van der Waals surface area contributed by atoms with Gasteiger partial charge in [0.1, 0.15) is 17.7 Å². The minimum Gasteiger partial charge on any atom is -0.278 e. The first-order valence-corrected chi connectivity index (χ1v) is 9.64. The Morgan fingerprint density at radius 1 is 0.966 bits per heavy atom. The van der Waals surface area contributed by atoms with E-state index >= 15 is 0 Å². The highest BCUT2D eigenvalue weighted by atomic mass is 16.2. The number of hydrogen-bond donors (Lipinski definition) is 0. The summed E-state index contributed by atoms with van der Waals surface area (Å²) in [4.78, 5) is 27.2. The van der Waals surface area contributed by atoms with Crippen LogP contribution in [0, 0.1) is 34.5 Å². The fraction of sp³-hybridized carbons (Fsp3) is 0.250. The van der Waals surface area contributed by atoms with Gasteiger partial charge in [-0.05, 0) is 41.0 Å². The number of amides is 2. The summed E-state index contributed by atoms with van der Waals surface area (Å²) in [7, 11) is 0. The molecule has 0 saturated carbocycles. The van der Waals surface area contributed by atoms with E-state index in [1.165, 1.54) is 4.90 Å². The molecule has 142 valence electrons. The number of likely N-dealkylation sites (tertiary alicyclic amines) is 1. The van der Waals surface area contributed by atoms with Gasteiger partial charge in [0.05, 0.1) is 12.5 Å². The van der Waals surface area contributed by atoms with Crippen LogP contribution in [0.4, 0.5) is 0 Å². The fourth-order valence-electron chi connectivity index (χ4n) is 4.48. The molecule has 1 unspecified atom stereocenters. The standard InChI is InChI=1S/C24H19N3O2/c25-13-18(14-26)23-19-9-5-4-8-17(19)10-11-20(23)21-12-22(28)27(24(21)29)15-16-6-2-1-3-7-16/h1-9,20-21H,10-12,15H2/t20-,21?/m0/s1. The van der Waals surface area contributed by atoms with E-state index in [1.54, 1.807) is 0 Å². The van der Waals surface area contributed by atoms with Gasteiger partial charge in [-0.3, -0.25) is 14.5 Å². The Morgan fingerprint density at radius 3 is 2.38 bits per heavy atom. The van der Waals surface area contributed by atoms with Gasteiger partial charge in [0.2, 0.25) is 11.8 Å². The van der Waals surface area contributed by atoms with Crippen LogP contribution in [-0.4, -0.2) is 16.7 Å². The van der Waals surface area contributed by atoms with Gasteiger partial charge in [-0.2, -0.15) is 10.5 Å². The van der Waals surface area contributed by atoms with Gasteiger partial charge in [0, 0.05) is 6.42 Å². The Hall–Kier alpha value is -3.70. The van der Waals surface area contributed by atoms with Crippen molar-refractivity contribution in [2.24, 2.45) is 11.8 Å². The number of rotatable bonds is 3. The van der Waals surface area contributed by atoms with E-state index < -0.39 is 5.92 Å². The Kier molecular flexibility index (Phi) is 4.97. The molecule has 2 aromatic rings. The number of carbonyl (C=O) groups is 2. The summed E-state index contributed by atoms with van der Waals surface area (Å²) in [6.45, 7) is 0.251. The highest BCUT2D eigenvalue weighted by Gasteiger charge is 2.45. The predicted octanol–water partition coefficient (Wildman–Crippen LogP) is 3.63. The predicted molar refractivity (Wildman–Crippen MR) is 107 cm³/mol. The average molecular weight is 381 g/mol. The lowest BCUT2D eigenvalue weighted by molar-refractivity contribution is -0.140. The molecule has 2 atom stereocenters. The normalized spacial score (nSPS) is 20.8. The summed E-state index contributed by atoms with van der Waals surface area (Å²) in [5, 5.41) is 19.1. The Labute approximate surface area is 169 Å². The van der Waals surface area contributed by atoms with Gasteiger partial charge in [-0.25, -0.2) is 0 Å². The number of fused-ring (bicyclic) bond motifs is 1. The highest BCUT2D eigenvalue weighted by molar-refractivity contribution is 6.04. The molecule has 1 fully saturated rings. The number of aryl methyl sites for hydroxylation is 1. The molecule has 1 aliphatic carbocycles. The lowest BCUT2D eigenvalue weighted by atomic mass is 9.71. The molecule has 5 heteroatoms. The third kappa shape index (κ3) is 3.32. The van der Waals surface area contributed by atoms with Gasteiger partial charge in [-0.15, -0.1) is 0 Å². The third-order valence-electron chi connectivity index (χ3n) is 5.84. The molecule has 0 N–H and O–H groups in total.